The Morgan fingerprint density at radius 1 is 0.810 bits per heavy atom. The molecule has 0 aromatic heterocycles. The van der Waals surface area contributed by atoms with Crippen molar-refractivity contribution in [1.82, 2.24) is 10.6 Å². The second kappa shape index (κ2) is 22.9. The fourth-order valence-corrected chi connectivity index (χ4v) is 3.29. The average molecular weight is 583 g/mol. The Morgan fingerprint density at radius 2 is 1.48 bits per heavy atom. The van der Waals surface area contributed by atoms with Gasteiger partial charge in [0.2, 0.25) is 11.8 Å². The molecule has 5 N–H and O–H groups in total. The third kappa shape index (κ3) is 21.1. The smallest absolute Gasteiger partial charge is 0.310 e. The number of aliphatic hydroxyl groups is 2. The second-order valence-electron chi connectivity index (χ2n) is 10.6. The largest absolute Gasteiger partial charge is 0.481 e. The predicted octanol–water partition coefficient (Wildman–Crippen LogP) is 5.46. The number of aliphatic hydroxyl groups excluding tert-OH is 2. The van der Waals surface area contributed by atoms with Gasteiger partial charge in [-0.3, -0.25) is 14.4 Å². The Labute approximate surface area is 251 Å². The van der Waals surface area contributed by atoms with E-state index in [0.29, 0.717) is 24.2 Å². The summed E-state index contributed by atoms with van der Waals surface area (Å²) in [5, 5.41) is 34.4. The Balaban J connectivity index is 4.45. The van der Waals surface area contributed by atoms with E-state index in [9.17, 15) is 24.6 Å². The highest BCUT2D eigenvalue weighted by Gasteiger charge is 2.15. The molecule has 2 amide bonds. The molecule has 0 aliphatic carbocycles. The number of aliphatic carboxylic acids is 1. The van der Waals surface area contributed by atoms with Crippen LogP contribution in [0.4, 0.5) is 0 Å². The summed E-state index contributed by atoms with van der Waals surface area (Å²) in [5.41, 5.74) is 2.31. The molecule has 0 aliphatic heterocycles. The standard InChI is InChI=1S/C34H50N2O6/c1-25(2)23-31(38)33(40)35-22-16-9-7-8-11-17-26(3)18-14-15-19-27(4)30(37)24-32(39)36-29(6)21-13-10-12-20-28(5)34(41)42/h7-8,10-15,17-21,25,28,30-31,37-38H,9,16,22-24H2,1-6H3,(H,35,40)(H,36,39)(H,41,42)/b8-7-,13-10+,15-14-,17-11+,20-12+,26-18+,27-19-,29-21-/t28-,30+,31+/m1/s1. The number of nitrogens with one attached hydrogen (secondary N) is 2. The van der Waals surface area contributed by atoms with Gasteiger partial charge in [0.25, 0.3) is 0 Å². The summed E-state index contributed by atoms with van der Waals surface area (Å²) in [6.45, 7) is 11.5. The van der Waals surface area contributed by atoms with E-state index in [1.807, 2.05) is 63.3 Å². The highest BCUT2D eigenvalue weighted by atomic mass is 16.4. The summed E-state index contributed by atoms with van der Waals surface area (Å²) >= 11 is 0. The minimum Gasteiger partial charge on any atom is -0.481 e. The third-order valence-electron chi connectivity index (χ3n) is 5.88. The highest BCUT2D eigenvalue weighted by molar-refractivity contribution is 5.80. The van der Waals surface area contributed by atoms with Crippen LogP contribution in [0.5, 0.6) is 0 Å². The maximum Gasteiger partial charge on any atom is 0.310 e. The molecule has 0 saturated heterocycles. The topological polar surface area (TPSA) is 136 Å². The Bertz CT molecular complexity index is 1090. The van der Waals surface area contributed by atoms with Crippen LogP contribution in [0.15, 0.2) is 95.8 Å². The molecule has 8 heteroatoms. The van der Waals surface area contributed by atoms with Gasteiger partial charge in [-0.1, -0.05) is 92.3 Å². The Kier molecular flexibility index (Phi) is 20.8. The van der Waals surface area contributed by atoms with Crippen LogP contribution in [-0.4, -0.2) is 51.9 Å². The number of carboxylic acid groups (broad SMARTS) is 1. The summed E-state index contributed by atoms with van der Waals surface area (Å²) in [5.74, 6) is -1.81. The third-order valence-corrected chi connectivity index (χ3v) is 5.88. The van der Waals surface area contributed by atoms with E-state index in [2.05, 4.69) is 10.6 Å². The van der Waals surface area contributed by atoms with Gasteiger partial charge >= 0.3 is 5.97 Å². The van der Waals surface area contributed by atoms with Crippen LogP contribution in [0.1, 0.15) is 67.2 Å². The van der Waals surface area contributed by atoms with E-state index in [-0.39, 0.29) is 24.2 Å². The van der Waals surface area contributed by atoms with Gasteiger partial charge in [-0.05, 0) is 64.5 Å². The quantitative estimate of drug-likeness (QED) is 0.101. The number of amides is 2. The molecule has 0 aromatic rings. The van der Waals surface area contributed by atoms with Crippen LogP contribution in [0, 0.1) is 11.8 Å². The molecule has 0 bridgehead atoms. The zero-order valence-corrected chi connectivity index (χ0v) is 25.9. The lowest BCUT2D eigenvalue weighted by Crippen LogP contribution is -2.35. The molecule has 0 radical (unpaired) electrons. The van der Waals surface area contributed by atoms with Crippen molar-refractivity contribution in [3.63, 3.8) is 0 Å². The molecule has 8 nitrogen and oxygen atoms in total. The van der Waals surface area contributed by atoms with Crippen molar-refractivity contribution >= 4 is 17.8 Å². The molecular weight excluding hydrogens is 532 g/mol. The number of carboxylic acids is 1. The van der Waals surface area contributed by atoms with Gasteiger partial charge in [0.15, 0.2) is 0 Å². The van der Waals surface area contributed by atoms with Gasteiger partial charge in [-0.2, -0.15) is 0 Å². The van der Waals surface area contributed by atoms with Gasteiger partial charge in [0.05, 0.1) is 18.4 Å². The van der Waals surface area contributed by atoms with Crippen LogP contribution in [0.3, 0.4) is 0 Å². The molecular formula is C34H50N2O6. The van der Waals surface area contributed by atoms with Crippen molar-refractivity contribution in [3.8, 4) is 0 Å². The Morgan fingerprint density at radius 3 is 2.14 bits per heavy atom. The van der Waals surface area contributed by atoms with Crippen LogP contribution >= 0.6 is 0 Å². The Hall–Kier alpha value is -3.75. The summed E-state index contributed by atoms with van der Waals surface area (Å²) < 4.78 is 0. The normalized spacial score (nSPS) is 15.9. The summed E-state index contributed by atoms with van der Waals surface area (Å²) in [6.07, 6.45) is 23.7. The van der Waals surface area contributed by atoms with Crippen LogP contribution in [0.2, 0.25) is 0 Å². The van der Waals surface area contributed by atoms with Crippen LogP contribution in [-0.2, 0) is 14.4 Å². The number of rotatable bonds is 19. The predicted molar refractivity (Wildman–Crippen MR) is 170 cm³/mol. The molecule has 0 fully saturated rings. The average Bonchev–Trinajstić information content (AvgIpc) is 2.91. The number of unbranched alkanes of at least 4 members (excludes halogenated alkanes) is 1. The van der Waals surface area contributed by atoms with Gasteiger partial charge < -0.3 is 26.0 Å². The van der Waals surface area contributed by atoms with Crippen LogP contribution < -0.4 is 10.6 Å². The molecule has 232 valence electrons. The fourth-order valence-electron chi connectivity index (χ4n) is 3.29. The maximum atomic E-state index is 12.2. The van der Waals surface area contributed by atoms with Gasteiger partial charge in [-0.15, -0.1) is 0 Å². The molecule has 3 atom stereocenters. The van der Waals surface area contributed by atoms with Crippen molar-refractivity contribution in [2.24, 2.45) is 11.8 Å². The number of carbonyl (C=O) groups excluding carboxylic acids is 2. The molecule has 0 rings (SSSR count). The summed E-state index contributed by atoms with van der Waals surface area (Å²) in [4.78, 5) is 34.7. The summed E-state index contributed by atoms with van der Waals surface area (Å²) in [6, 6.07) is 0. The van der Waals surface area contributed by atoms with E-state index >= 15 is 0 Å². The van der Waals surface area contributed by atoms with Gasteiger partial charge in [-0.25, -0.2) is 0 Å². The molecule has 0 spiro atoms. The van der Waals surface area contributed by atoms with E-state index in [1.165, 1.54) is 0 Å². The lowest BCUT2D eigenvalue weighted by Gasteiger charge is -2.12. The first-order valence-corrected chi connectivity index (χ1v) is 14.4. The summed E-state index contributed by atoms with van der Waals surface area (Å²) in [7, 11) is 0. The minimum absolute atomic E-state index is 0.0719. The molecule has 0 aliphatic rings. The van der Waals surface area contributed by atoms with E-state index in [4.69, 9.17) is 5.11 Å². The maximum absolute atomic E-state index is 12.2. The van der Waals surface area contributed by atoms with Crippen molar-refractivity contribution in [2.75, 3.05) is 6.54 Å². The first kappa shape index (κ1) is 38.2. The van der Waals surface area contributed by atoms with Gasteiger partial charge in [0, 0.05) is 12.2 Å². The van der Waals surface area contributed by atoms with E-state index in [1.54, 1.807) is 57.2 Å². The number of carbonyl (C=O) groups is 3. The van der Waals surface area contributed by atoms with E-state index in [0.717, 1.165) is 18.4 Å². The number of allylic oxidation sites excluding steroid dienone is 14. The highest BCUT2D eigenvalue weighted by Crippen LogP contribution is 2.07. The van der Waals surface area contributed by atoms with Gasteiger partial charge in [0.1, 0.15) is 6.10 Å². The minimum atomic E-state index is -0.942. The SMILES string of the molecule is C/C(=C/C=C/C=C/[C@@H](C)C(=O)O)NC(=O)C[C@H](O)\C(C)=C/C=C\C=C(C)\C=C\C=C/CCCNC(=O)[C@@H](O)CC(C)C. The first-order valence-electron chi connectivity index (χ1n) is 14.4. The zero-order valence-electron chi connectivity index (χ0n) is 25.9. The van der Waals surface area contributed by atoms with Crippen molar-refractivity contribution in [2.45, 2.75) is 79.4 Å². The molecule has 0 saturated carbocycles. The van der Waals surface area contributed by atoms with Crippen LogP contribution in [0.25, 0.3) is 0 Å². The van der Waals surface area contributed by atoms with Crippen molar-refractivity contribution < 1.29 is 29.7 Å². The lowest BCUT2D eigenvalue weighted by atomic mass is 10.1. The van der Waals surface area contributed by atoms with Crippen molar-refractivity contribution in [1.29, 1.82) is 0 Å². The number of hydrogen-bond acceptors (Lipinski definition) is 5. The second-order valence-corrected chi connectivity index (χ2v) is 10.6. The molecule has 0 heterocycles. The number of hydrogen-bond donors (Lipinski definition) is 5. The fraction of sp³-hybridized carbons (Fsp3) is 0.441. The molecule has 0 aromatic carbocycles. The van der Waals surface area contributed by atoms with Crippen molar-refractivity contribution in [3.05, 3.63) is 95.8 Å². The van der Waals surface area contributed by atoms with E-state index < -0.39 is 24.1 Å². The monoisotopic (exact) mass is 582 g/mol. The molecule has 42 heavy (non-hydrogen) atoms. The first-order chi connectivity index (χ1) is 19.8. The zero-order chi connectivity index (χ0) is 31.9. The molecule has 0 unspecified atom stereocenters. The lowest BCUT2D eigenvalue weighted by molar-refractivity contribution is -0.139.